The van der Waals surface area contributed by atoms with Crippen LogP contribution in [-0.2, 0) is 24.1 Å². The molecule has 3 rings (SSSR count). The molecular formula is C13H15NO2. The van der Waals surface area contributed by atoms with E-state index >= 15 is 0 Å². The molecule has 0 amide bonds. The molecule has 1 aliphatic carbocycles. The van der Waals surface area contributed by atoms with Crippen LogP contribution in [0.1, 0.15) is 29.5 Å². The highest BCUT2D eigenvalue weighted by molar-refractivity contribution is 5.74. The molecule has 16 heavy (non-hydrogen) atoms. The summed E-state index contributed by atoms with van der Waals surface area (Å²) in [7, 11) is 0. The van der Waals surface area contributed by atoms with Gasteiger partial charge in [-0.15, -0.1) is 0 Å². The molecule has 84 valence electrons. The summed E-state index contributed by atoms with van der Waals surface area (Å²) >= 11 is 0. The van der Waals surface area contributed by atoms with Crippen LogP contribution in [0.5, 0.6) is 5.75 Å². The van der Waals surface area contributed by atoms with Crippen LogP contribution in [0, 0.1) is 0 Å². The van der Waals surface area contributed by atoms with Gasteiger partial charge in [-0.2, -0.15) is 0 Å². The number of esters is 1. The second kappa shape index (κ2) is 3.59. The Bertz CT molecular complexity index is 453. The Labute approximate surface area is 94.6 Å². The van der Waals surface area contributed by atoms with Crippen molar-refractivity contribution in [1.29, 1.82) is 0 Å². The molecule has 1 aliphatic heterocycles. The van der Waals surface area contributed by atoms with Crippen molar-refractivity contribution in [2.75, 3.05) is 0 Å². The first-order valence-electron chi connectivity index (χ1n) is 5.84. The lowest BCUT2D eigenvalue weighted by Crippen LogP contribution is -2.19. The predicted molar refractivity (Wildman–Crippen MR) is 60.4 cm³/mol. The van der Waals surface area contributed by atoms with Crippen molar-refractivity contribution in [3.63, 3.8) is 0 Å². The molecule has 1 unspecified atom stereocenters. The SMILES string of the molecule is NC1Cc2ccc3c(c2C1)CCCC(=O)O3. The van der Waals surface area contributed by atoms with Crippen molar-refractivity contribution in [3.8, 4) is 5.75 Å². The number of benzene rings is 1. The number of carbonyl (C=O) groups is 1. The van der Waals surface area contributed by atoms with E-state index in [1.165, 1.54) is 16.7 Å². The Kier molecular flexibility index (Phi) is 2.21. The fourth-order valence-electron chi connectivity index (χ4n) is 2.74. The van der Waals surface area contributed by atoms with Gasteiger partial charge in [0, 0.05) is 12.5 Å². The molecule has 0 saturated carbocycles. The van der Waals surface area contributed by atoms with Crippen LogP contribution in [-0.4, -0.2) is 12.0 Å². The van der Waals surface area contributed by atoms with Crippen molar-refractivity contribution in [2.24, 2.45) is 5.73 Å². The first kappa shape index (κ1) is 9.85. The summed E-state index contributed by atoms with van der Waals surface area (Å²) in [5, 5.41) is 0. The summed E-state index contributed by atoms with van der Waals surface area (Å²) in [6.45, 7) is 0. The number of fused-ring (bicyclic) bond motifs is 3. The van der Waals surface area contributed by atoms with Crippen molar-refractivity contribution in [2.45, 2.75) is 38.1 Å². The first-order valence-corrected chi connectivity index (χ1v) is 5.84. The number of nitrogens with two attached hydrogens (primary N) is 1. The Morgan fingerprint density at radius 2 is 2.06 bits per heavy atom. The summed E-state index contributed by atoms with van der Waals surface area (Å²) < 4.78 is 5.34. The number of ether oxygens (including phenoxy) is 1. The molecule has 3 heteroatoms. The van der Waals surface area contributed by atoms with Crippen LogP contribution in [0.25, 0.3) is 0 Å². The zero-order chi connectivity index (χ0) is 11.1. The second-order valence-electron chi connectivity index (χ2n) is 4.68. The highest BCUT2D eigenvalue weighted by Gasteiger charge is 2.25. The van der Waals surface area contributed by atoms with Crippen molar-refractivity contribution in [3.05, 3.63) is 28.8 Å². The van der Waals surface area contributed by atoms with Gasteiger partial charge in [0.1, 0.15) is 5.75 Å². The third-order valence-corrected chi connectivity index (χ3v) is 3.47. The fourth-order valence-corrected chi connectivity index (χ4v) is 2.74. The Balaban J connectivity index is 2.08. The van der Waals surface area contributed by atoms with E-state index in [2.05, 4.69) is 6.07 Å². The summed E-state index contributed by atoms with van der Waals surface area (Å²) in [4.78, 5) is 11.4. The average molecular weight is 217 g/mol. The zero-order valence-electron chi connectivity index (χ0n) is 9.16. The zero-order valence-corrected chi connectivity index (χ0v) is 9.16. The minimum Gasteiger partial charge on any atom is -0.426 e. The summed E-state index contributed by atoms with van der Waals surface area (Å²) in [6, 6.07) is 4.22. The topological polar surface area (TPSA) is 52.3 Å². The molecule has 0 aromatic heterocycles. The molecule has 1 aromatic rings. The third kappa shape index (κ3) is 1.52. The van der Waals surface area contributed by atoms with E-state index in [1.54, 1.807) is 0 Å². The fraction of sp³-hybridized carbons (Fsp3) is 0.462. The first-order chi connectivity index (χ1) is 7.74. The summed E-state index contributed by atoms with van der Waals surface area (Å²) in [6.07, 6.45) is 4.23. The quantitative estimate of drug-likeness (QED) is 0.527. The lowest BCUT2D eigenvalue weighted by atomic mass is 9.98. The number of rotatable bonds is 0. The van der Waals surface area contributed by atoms with E-state index in [0.717, 1.165) is 31.4 Å². The van der Waals surface area contributed by atoms with E-state index in [9.17, 15) is 4.79 Å². The third-order valence-electron chi connectivity index (χ3n) is 3.47. The van der Waals surface area contributed by atoms with Crippen molar-refractivity contribution >= 4 is 5.97 Å². The maximum atomic E-state index is 11.4. The molecule has 3 nitrogen and oxygen atoms in total. The van der Waals surface area contributed by atoms with Crippen LogP contribution in [0.3, 0.4) is 0 Å². The maximum Gasteiger partial charge on any atom is 0.311 e. The molecule has 2 N–H and O–H groups in total. The van der Waals surface area contributed by atoms with E-state index in [0.29, 0.717) is 6.42 Å². The minimum absolute atomic E-state index is 0.110. The predicted octanol–water partition coefficient (Wildman–Crippen LogP) is 1.35. The Morgan fingerprint density at radius 1 is 1.19 bits per heavy atom. The summed E-state index contributed by atoms with van der Waals surface area (Å²) in [5.41, 5.74) is 9.87. The highest BCUT2D eigenvalue weighted by Crippen LogP contribution is 2.34. The lowest BCUT2D eigenvalue weighted by molar-refractivity contribution is -0.134. The van der Waals surface area contributed by atoms with E-state index in [4.69, 9.17) is 10.5 Å². The highest BCUT2D eigenvalue weighted by atomic mass is 16.5. The molecule has 0 bridgehead atoms. The van der Waals surface area contributed by atoms with Gasteiger partial charge in [-0.25, -0.2) is 0 Å². The van der Waals surface area contributed by atoms with Crippen molar-refractivity contribution in [1.82, 2.24) is 0 Å². The molecule has 2 aliphatic rings. The monoisotopic (exact) mass is 217 g/mol. The van der Waals surface area contributed by atoms with Crippen LogP contribution in [0.4, 0.5) is 0 Å². The molecular weight excluding hydrogens is 202 g/mol. The van der Waals surface area contributed by atoms with Gasteiger partial charge in [-0.05, 0) is 48.4 Å². The van der Waals surface area contributed by atoms with Crippen LogP contribution in [0.15, 0.2) is 12.1 Å². The standard InChI is InChI=1S/C13H15NO2/c14-9-6-8-4-5-12-10(11(8)7-9)2-1-3-13(15)16-12/h4-5,9H,1-3,6-7,14H2. The van der Waals surface area contributed by atoms with E-state index < -0.39 is 0 Å². The Hall–Kier alpha value is -1.35. The van der Waals surface area contributed by atoms with E-state index in [1.807, 2.05) is 6.07 Å². The van der Waals surface area contributed by atoms with Gasteiger partial charge < -0.3 is 10.5 Å². The Morgan fingerprint density at radius 3 is 2.94 bits per heavy atom. The van der Waals surface area contributed by atoms with Crippen LogP contribution < -0.4 is 10.5 Å². The van der Waals surface area contributed by atoms with Gasteiger partial charge in [-0.3, -0.25) is 4.79 Å². The smallest absolute Gasteiger partial charge is 0.311 e. The number of carbonyl (C=O) groups excluding carboxylic acids is 1. The molecule has 0 spiro atoms. The molecule has 1 heterocycles. The molecule has 0 radical (unpaired) electrons. The van der Waals surface area contributed by atoms with Gasteiger partial charge in [0.25, 0.3) is 0 Å². The van der Waals surface area contributed by atoms with Crippen molar-refractivity contribution < 1.29 is 9.53 Å². The van der Waals surface area contributed by atoms with Crippen LogP contribution >= 0.6 is 0 Å². The van der Waals surface area contributed by atoms with E-state index in [-0.39, 0.29) is 12.0 Å². The largest absolute Gasteiger partial charge is 0.426 e. The number of hydrogen-bond acceptors (Lipinski definition) is 3. The van der Waals surface area contributed by atoms with Gasteiger partial charge >= 0.3 is 5.97 Å². The average Bonchev–Trinajstić information content (AvgIpc) is 2.50. The molecule has 1 aromatic carbocycles. The molecule has 0 fully saturated rings. The molecule has 0 saturated heterocycles. The van der Waals surface area contributed by atoms with Gasteiger partial charge in [0.2, 0.25) is 0 Å². The maximum absolute atomic E-state index is 11.4. The van der Waals surface area contributed by atoms with Gasteiger partial charge in [0.05, 0.1) is 0 Å². The molecule has 1 atom stereocenters. The van der Waals surface area contributed by atoms with Gasteiger partial charge in [-0.1, -0.05) is 6.07 Å². The lowest BCUT2D eigenvalue weighted by Gasteiger charge is -2.10. The minimum atomic E-state index is -0.110. The second-order valence-corrected chi connectivity index (χ2v) is 4.68. The normalized spacial score (nSPS) is 23.3. The van der Waals surface area contributed by atoms with Crippen LogP contribution in [0.2, 0.25) is 0 Å². The summed E-state index contributed by atoms with van der Waals surface area (Å²) in [5.74, 6) is 0.649. The number of hydrogen-bond donors (Lipinski definition) is 1. The van der Waals surface area contributed by atoms with Gasteiger partial charge in [0.15, 0.2) is 0 Å².